The Labute approximate surface area is 135 Å². The summed E-state index contributed by atoms with van der Waals surface area (Å²) >= 11 is 5.66. The van der Waals surface area contributed by atoms with Crippen LogP contribution in [0.3, 0.4) is 0 Å². The Balaban J connectivity index is 1.74. The van der Waals surface area contributed by atoms with Crippen molar-refractivity contribution in [1.29, 1.82) is 0 Å². The number of benzene rings is 1. The Morgan fingerprint density at radius 3 is 3.05 bits per heavy atom. The predicted molar refractivity (Wildman–Crippen MR) is 84.8 cm³/mol. The van der Waals surface area contributed by atoms with Crippen LogP contribution in [0.1, 0.15) is 26.2 Å². The monoisotopic (exact) mass is 328 g/mol. The zero-order valence-electron chi connectivity index (χ0n) is 12.8. The maximum Gasteiger partial charge on any atom is 0.257 e. The summed E-state index contributed by atoms with van der Waals surface area (Å²) < 4.78 is 18.3. The molecule has 1 atom stereocenters. The highest BCUT2D eigenvalue weighted by Crippen LogP contribution is 2.21. The van der Waals surface area contributed by atoms with Crippen LogP contribution in [0.5, 0.6) is 5.75 Å². The normalized spacial score (nSPS) is 19.0. The molecule has 2 rings (SSSR count). The van der Waals surface area contributed by atoms with Gasteiger partial charge in [0.05, 0.1) is 5.02 Å². The largest absolute Gasteiger partial charge is 0.484 e. The van der Waals surface area contributed by atoms with E-state index < -0.39 is 5.82 Å². The highest BCUT2D eigenvalue weighted by molar-refractivity contribution is 6.30. The number of ether oxygens (including phenoxy) is 1. The van der Waals surface area contributed by atoms with Crippen LogP contribution >= 0.6 is 11.6 Å². The first-order valence-electron chi connectivity index (χ1n) is 7.68. The molecule has 0 saturated carbocycles. The van der Waals surface area contributed by atoms with Crippen molar-refractivity contribution in [2.75, 3.05) is 26.2 Å². The summed E-state index contributed by atoms with van der Waals surface area (Å²) in [5.41, 5.74) is 0. The number of piperidine rings is 1. The second-order valence-electron chi connectivity index (χ2n) is 5.45. The fourth-order valence-corrected chi connectivity index (χ4v) is 2.88. The Morgan fingerprint density at radius 2 is 2.32 bits per heavy atom. The van der Waals surface area contributed by atoms with Crippen LogP contribution in [0.15, 0.2) is 18.2 Å². The Kier molecular flexibility index (Phi) is 6.46. The first-order valence-corrected chi connectivity index (χ1v) is 8.06. The quantitative estimate of drug-likeness (QED) is 0.873. The summed E-state index contributed by atoms with van der Waals surface area (Å²) in [4.78, 5) is 14.2. The molecule has 0 aliphatic carbocycles. The molecule has 1 aromatic rings. The van der Waals surface area contributed by atoms with Gasteiger partial charge in [-0.05, 0) is 38.1 Å². The number of rotatable bonds is 6. The Morgan fingerprint density at radius 1 is 1.50 bits per heavy atom. The lowest BCUT2D eigenvalue weighted by Crippen LogP contribution is -2.47. The summed E-state index contributed by atoms with van der Waals surface area (Å²) in [6, 6.07) is 4.44. The highest BCUT2D eigenvalue weighted by atomic mass is 35.5. The molecule has 1 unspecified atom stereocenters. The summed E-state index contributed by atoms with van der Waals surface area (Å²) in [5, 5.41) is 2.89. The van der Waals surface area contributed by atoms with Crippen LogP contribution in [0, 0.1) is 5.82 Å². The molecule has 1 aliphatic heterocycles. The lowest BCUT2D eigenvalue weighted by atomic mass is 10.0. The van der Waals surface area contributed by atoms with Gasteiger partial charge in [0, 0.05) is 18.7 Å². The van der Waals surface area contributed by atoms with E-state index in [-0.39, 0.29) is 17.5 Å². The van der Waals surface area contributed by atoms with Gasteiger partial charge in [-0.1, -0.05) is 24.9 Å². The number of carbonyl (C=O) groups excluding carboxylic acids is 1. The lowest BCUT2D eigenvalue weighted by molar-refractivity contribution is -0.123. The summed E-state index contributed by atoms with van der Waals surface area (Å²) in [6.07, 6.45) is 3.55. The topological polar surface area (TPSA) is 41.6 Å². The van der Waals surface area contributed by atoms with Gasteiger partial charge in [-0.25, -0.2) is 4.39 Å². The van der Waals surface area contributed by atoms with Gasteiger partial charge < -0.3 is 10.1 Å². The van der Waals surface area contributed by atoms with Crippen LogP contribution in [-0.2, 0) is 4.79 Å². The van der Waals surface area contributed by atoms with Crippen molar-refractivity contribution in [3.8, 4) is 5.75 Å². The van der Waals surface area contributed by atoms with Crippen molar-refractivity contribution in [2.45, 2.75) is 32.2 Å². The molecule has 1 N–H and O–H groups in total. The molecule has 1 saturated heterocycles. The predicted octanol–water partition coefficient (Wildman–Crippen LogP) is 2.85. The van der Waals surface area contributed by atoms with Gasteiger partial charge in [0.1, 0.15) is 11.6 Å². The summed E-state index contributed by atoms with van der Waals surface area (Å²) in [7, 11) is 0. The van der Waals surface area contributed by atoms with Crippen molar-refractivity contribution in [3.05, 3.63) is 29.0 Å². The second-order valence-corrected chi connectivity index (χ2v) is 5.85. The standard InChI is InChI=1S/C16H22ClFN2O2/c1-2-20-8-4-3-5-12(20)10-19-16(21)11-22-13-6-7-15(18)14(17)9-13/h6-7,9,12H,2-5,8,10-11H2,1H3,(H,19,21). The molecule has 1 heterocycles. The van der Waals surface area contributed by atoms with Gasteiger partial charge in [-0.15, -0.1) is 0 Å². The van der Waals surface area contributed by atoms with Crippen LogP contribution in [0.2, 0.25) is 5.02 Å². The zero-order valence-corrected chi connectivity index (χ0v) is 13.5. The molecule has 6 heteroatoms. The number of likely N-dealkylation sites (N-methyl/N-ethyl adjacent to an activating group) is 1. The van der Waals surface area contributed by atoms with Crippen molar-refractivity contribution >= 4 is 17.5 Å². The lowest BCUT2D eigenvalue weighted by Gasteiger charge is -2.34. The van der Waals surface area contributed by atoms with E-state index in [1.165, 1.54) is 31.0 Å². The van der Waals surface area contributed by atoms with Crippen molar-refractivity contribution in [3.63, 3.8) is 0 Å². The minimum absolute atomic E-state index is 0.0151. The average molecular weight is 329 g/mol. The highest BCUT2D eigenvalue weighted by Gasteiger charge is 2.21. The van der Waals surface area contributed by atoms with E-state index in [0.29, 0.717) is 18.3 Å². The number of hydrogen-bond donors (Lipinski definition) is 1. The Hall–Kier alpha value is -1.33. The molecule has 4 nitrogen and oxygen atoms in total. The third-order valence-electron chi connectivity index (χ3n) is 3.95. The van der Waals surface area contributed by atoms with Gasteiger partial charge in [0.15, 0.2) is 6.61 Å². The molecular formula is C16H22ClFN2O2. The maximum absolute atomic E-state index is 13.0. The number of carbonyl (C=O) groups is 1. The molecule has 122 valence electrons. The molecule has 0 spiro atoms. The fraction of sp³-hybridized carbons (Fsp3) is 0.562. The third kappa shape index (κ3) is 4.85. The SMILES string of the molecule is CCN1CCCCC1CNC(=O)COc1ccc(F)c(Cl)c1. The minimum atomic E-state index is -0.504. The first-order chi connectivity index (χ1) is 10.6. The summed E-state index contributed by atoms with van der Waals surface area (Å²) in [5.74, 6) is -0.299. The van der Waals surface area contributed by atoms with Gasteiger partial charge in [0.2, 0.25) is 0 Å². The molecule has 0 bridgehead atoms. The number of halogens is 2. The molecule has 1 aromatic carbocycles. The molecular weight excluding hydrogens is 307 g/mol. The van der Waals surface area contributed by atoms with Crippen molar-refractivity contribution < 1.29 is 13.9 Å². The smallest absolute Gasteiger partial charge is 0.257 e. The zero-order chi connectivity index (χ0) is 15.9. The van der Waals surface area contributed by atoms with Gasteiger partial charge >= 0.3 is 0 Å². The van der Waals surface area contributed by atoms with Crippen LogP contribution in [0.25, 0.3) is 0 Å². The number of nitrogens with one attached hydrogen (secondary N) is 1. The molecule has 1 fully saturated rings. The van der Waals surface area contributed by atoms with Gasteiger partial charge in [0.25, 0.3) is 5.91 Å². The molecule has 1 amide bonds. The van der Waals surface area contributed by atoms with E-state index in [1.54, 1.807) is 0 Å². The van der Waals surface area contributed by atoms with E-state index in [1.807, 2.05) is 0 Å². The van der Waals surface area contributed by atoms with Gasteiger partial charge in [-0.2, -0.15) is 0 Å². The number of nitrogens with zero attached hydrogens (tertiary/aromatic N) is 1. The van der Waals surface area contributed by atoms with E-state index in [0.717, 1.165) is 19.5 Å². The molecule has 22 heavy (non-hydrogen) atoms. The number of likely N-dealkylation sites (tertiary alicyclic amines) is 1. The molecule has 1 aliphatic rings. The van der Waals surface area contributed by atoms with Gasteiger partial charge in [-0.3, -0.25) is 9.69 Å². The van der Waals surface area contributed by atoms with Crippen LogP contribution < -0.4 is 10.1 Å². The first kappa shape index (κ1) is 17.0. The van der Waals surface area contributed by atoms with E-state index in [4.69, 9.17) is 16.3 Å². The van der Waals surface area contributed by atoms with Crippen LogP contribution in [-0.4, -0.2) is 43.1 Å². The maximum atomic E-state index is 13.0. The molecule has 0 aromatic heterocycles. The summed E-state index contributed by atoms with van der Waals surface area (Å²) in [6.45, 7) is 4.79. The molecule has 0 radical (unpaired) electrons. The fourth-order valence-electron chi connectivity index (χ4n) is 2.71. The van der Waals surface area contributed by atoms with Crippen molar-refractivity contribution in [1.82, 2.24) is 10.2 Å². The van der Waals surface area contributed by atoms with Crippen molar-refractivity contribution in [2.24, 2.45) is 0 Å². The third-order valence-corrected chi connectivity index (χ3v) is 4.24. The Bertz CT molecular complexity index is 513. The minimum Gasteiger partial charge on any atom is -0.484 e. The van der Waals surface area contributed by atoms with E-state index in [9.17, 15) is 9.18 Å². The number of amides is 1. The second kappa shape index (κ2) is 8.34. The average Bonchev–Trinajstić information content (AvgIpc) is 2.54. The van der Waals surface area contributed by atoms with E-state index in [2.05, 4.69) is 17.1 Å². The number of hydrogen-bond acceptors (Lipinski definition) is 3. The van der Waals surface area contributed by atoms with Crippen LogP contribution in [0.4, 0.5) is 4.39 Å². The van der Waals surface area contributed by atoms with E-state index >= 15 is 0 Å².